The molecule has 0 bridgehead atoms. The number of fused-ring (bicyclic) bond motifs is 12. The van der Waals surface area contributed by atoms with E-state index in [1.54, 1.807) is 0 Å². The molecule has 10 aromatic rings. The van der Waals surface area contributed by atoms with Crippen LogP contribution in [0.25, 0.3) is 33.1 Å². The van der Waals surface area contributed by atoms with Crippen molar-refractivity contribution in [1.29, 1.82) is 0 Å². The molecule has 9 aromatic carbocycles. The van der Waals surface area contributed by atoms with Crippen LogP contribution in [-0.2, 0) is 5.41 Å². The quantitative estimate of drug-likeness (QED) is 0.169. The molecule has 0 atom stereocenters. The molecule has 59 heavy (non-hydrogen) atoms. The summed E-state index contributed by atoms with van der Waals surface area (Å²) < 4.78 is 13.6. The third-order valence-electron chi connectivity index (χ3n) is 12.1. The second kappa shape index (κ2) is 13.1. The normalized spacial score (nSPS) is 13.0. The fraction of sp³-hybridized carbons (Fsp3) is 0.0182. The van der Waals surface area contributed by atoms with Crippen molar-refractivity contribution < 1.29 is 9.15 Å². The molecule has 2 aliphatic rings. The number of anilines is 6. The number of furan rings is 1. The van der Waals surface area contributed by atoms with Gasteiger partial charge in [0, 0.05) is 56.4 Å². The zero-order valence-corrected chi connectivity index (χ0v) is 32.0. The standard InChI is InChI=1S/C55H36N2O2/c1-3-17-37(18-4-1)56(38-19-5-2-6-20-38)39-21-15-22-40(35-39)57(41-33-34-45-44-25-9-13-30-50(44)58-53(45)36-41)49-29-16-32-52-54(49)55(48-28-12-14-31-51(48)59-52)46-26-10-7-23-42(46)43-24-8-11-27-47(43)55/h1-36H. The minimum absolute atomic E-state index is 0.673. The summed E-state index contributed by atoms with van der Waals surface area (Å²) in [6.45, 7) is 0. The van der Waals surface area contributed by atoms with Gasteiger partial charge in [0.15, 0.2) is 0 Å². The van der Waals surface area contributed by atoms with Gasteiger partial charge in [0.05, 0.1) is 11.1 Å². The second-order valence-corrected chi connectivity index (χ2v) is 15.2. The van der Waals surface area contributed by atoms with Crippen molar-refractivity contribution in [3.8, 4) is 22.6 Å². The lowest BCUT2D eigenvalue weighted by Crippen LogP contribution is -2.34. The highest BCUT2D eigenvalue weighted by Crippen LogP contribution is 2.64. The number of hydrogen-bond donors (Lipinski definition) is 0. The Morgan fingerprint density at radius 1 is 0.339 bits per heavy atom. The Morgan fingerprint density at radius 3 is 1.59 bits per heavy atom. The maximum Gasteiger partial charge on any atom is 0.137 e. The van der Waals surface area contributed by atoms with Crippen LogP contribution >= 0.6 is 0 Å². The molecule has 0 radical (unpaired) electrons. The van der Waals surface area contributed by atoms with E-state index in [1.807, 2.05) is 12.1 Å². The first kappa shape index (κ1) is 33.3. The van der Waals surface area contributed by atoms with E-state index in [9.17, 15) is 0 Å². The average Bonchev–Trinajstić information content (AvgIpc) is 3.81. The second-order valence-electron chi connectivity index (χ2n) is 15.2. The van der Waals surface area contributed by atoms with Crippen LogP contribution in [0.1, 0.15) is 22.3 Å². The first-order valence-corrected chi connectivity index (χ1v) is 20.1. The summed E-state index contributed by atoms with van der Waals surface area (Å²) in [5.74, 6) is 1.69. The topological polar surface area (TPSA) is 28.9 Å². The summed E-state index contributed by atoms with van der Waals surface area (Å²) in [6.07, 6.45) is 0. The highest BCUT2D eigenvalue weighted by molar-refractivity contribution is 6.06. The largest absolute Gasteiger partial charge is 0.457 e. The lowest BCUT2D eigenvalue weighted by Gasteiger charge is -2.42. The smallest absolute Gasteiger partial charge is 0.137 e. The van der Waals surface area contributed by atoms with Gasteiger partial charge in [-0.25, -0.2) is 0 Å². The third kappa shape index (κ3) is 4.96. The van der Waals surface area contributed by atoms with Crippen LogP contribution < -0.4 is 14.5 Å². The Kier molecular flexibility index (Phi) is 7.41. The van der Waals surface area contributed by atoms with Crippen LogP contribution in [0.5, 0.6) is 11.5 Å². The van der Waals surface area contributed by atoms with Gasteiger partial charge in [-0.1, -0.05) is 133 Å². The van der Waals surface area contributed by atoms with Gasteiger partial charge >= 0.3 is 0 Å². The molecule has 4 heteroatoms. The van der Waals surface area contributed by atoms with Gasteiger partial charge in [0.1, 0.15) is 22.7 Å². The Labute approximate surface area is 342 Å². The van der Waals surface area contributed by atoms with Crippen molar-refractivity contribution in [2.24, 2.45) is 0 Å². The van der Waals surface area contributed by atoms with Crippen molar-refractivity contribution in [1.82, 2.24) is 0 Å². The van der Waals surface area contributed by atoms with E-state index < -0.39 is 5.41 Å². The summed E-state index contributed by atoms with van der Waals surface area (Å²) in [5, 5.41) is 2.18. The monoisotopic (exact) mass is 756 g/mol. The fourth-order valence-electron chi connectivity index (χ4n) is 9.73. The van der Waals surface area contributed by atoms with Gasteiger partial charge in [-0.05, 0) is 101 Å². The minimum Gasteiger partial charge on any atom is -0.457 e. The van der Waals surface area contributed by atoms with Crippen molar-refractivity contribution in [3.63, 3.8) is 0 Å². The first-order chi connectivity index (χ1) is 29.3. The van der Waals surface area contributed by atoms with E-state index in [0.717, 1.165) is 78.7 Å². The zero-order valence-electron chi connectivity index (χ0n) is 32.0. The molecule has 1 aliphatic heterocycles. The zero-order chi connectivity index (χ0) is 38.9. The molecule has 2 heterocycles. The van der Waals surface area contributed by atoms with Crippen LogP contribution in [0.3, 0.4) is 0 Å². The highest BCUT2D eigenvalue weighted by atomic mass is 16.5. The SMILES string of the molecule is c1ccc(N(c2ccccc2)c2cccc(N(c3ccc4c(c3)oc3ccccc34)c3cccc4c3C3(c5ccccc5O4)c4ccccc4-c4ccccc43)c2)cc1. The van der Waals surface area contributed by atoms with Gasteiger partial charge in [0.2, 0.25) is 0 Å². The summed E-state index contributed by atoms with van der Waals surface area (Å²) >= 11 is 0. The molecule has 0 saturated heterocycles. The number of para-hydroxylation sites is 4. The number of hydrogen-bond acceptors (Lipinski definition) is 4. The van der Waals surface area contributed by atoms with E-state index in [2.05, 4.69) is 216 Å². The van der Waals surface area contributed by atoms with Gasteiger partial charge in [0.25, 0.3) is 0 Å². The average molecular weight is 757 g/mol. The van der Waals surface area contributed by atoms with E-state index >= 15 is 0 Å². The molecule has 0 fully saturated rings. The van der Waals surface area contributed by atoms with Crippen LogP contribution in [-0.4, -0.2) is 0 Å². The Hall–Kier alpha value is -7.82. The molecule has 4 nitrogen and oxygen atoms in total. The molecular formula is C55H36N2O2. The number of benzene rings is 9. The van der Waals surface area contributed by atoms with Crippen molar-refractivity contribution in [3.05, 3.63) is 241 Å². The summed E-state index contributed by atoms with van der Waals surface area (Å²) in [5.41, 5.74) is 14.4. The van der Waals surface area contributed by atoms with E-state index in [1.165, 1.54) is 22.3 Å². The highest BCUT2D eigenvalue weighted by Gasteiger charge is 2.52. The van der Waals surface area contributed by atoms with Crippen molar-refractivity contribution in [2.75, 3.05) is 9.80 Å². The van der Waals surface area contributed by atoms with Gasteiger partial charge < -0.3 is 19.0 Å². The number of nitrogens with zero attached hydrogens (tertiary/aromatic N) is 2. The van der Waals surface area contributed by atoms with Gasteiger partial charge in [-0.15, -0.1) is 0 Å². The van der Waals surface area contributed by atoms with E-state index in [-0.39, 0.29) is 0 Å². The van der Waals surface area contributed by atoms with Crippen LogP contribution in [0.4, 0.5) is 34.1 Å². The fourth-order valence-corrected chi connectivity index (χ4v) is 9.73. The summed E-state index contributed by atoms with van der Waals surface area (Å²) in [7, 11) is 0. The lowest BCUT2D eigenvalue weighted by atomic mass is 9.65. The summed E-state index contributed by atoms with van der Waals surface area (Å²) in [4.78, 5) is 4.71. The molecule has 0 N–H and O–H groups in total. The molecule has 0 amide bonds. The maximum absolute atomic E-state index is 6.99. The van der Waals surface area contributed by atoms with Crippen LogP contribution in [0, 0.1) is 0 Å². The van der Waals surface area contributed by atoms with Gasteiger partial charge in [-0.3, -0.25) is 0 Å². The molecule has 0 saturated carbocycles. The predicted molar refractivity (Wildman–Crippen MR) is 240 cm³/mol. The van der Waals surface area contributed by atoms with Gasteiger partial charge in [-0.2, -0.15) is 0 Å². The molecule has 1 spiro atoms. The molecule has 12 rings (SSSR count). The Balaban J connectivity index is 1.16. The summed E-state index contributed by atoms with van der Waals surface area (Å²) in [6, 6.07) is 77.7. The minimum atomic E-state index is -0.673. The maximum atomic E-state index is 6.99. The Morgan fingerprint density at radius 2 is 0.864 bits per heavy atom. The number of ether oxygens (including phenoxy) is 1. The number of rotatable bonds is 6. The van der Waals surface area contributed by atoms with E-state index in [0.29, 0.717) is 0 Å². The first-order valence-electron chi connectivity index (χ1n) is 20.1. The van der Waals surface area contributed by atoms with Crippen molar-refractivity contribution in [2.45, 2.75) is 5.41 Å². The predicted octanol–water partition coefficient (Wildman–Crippen LogP) is 15.0. The van der Waals surface area contributed by atoms with Crippen LogP contribution in [0.15, 0.2) is 223 Å². The van der Waals surface area contributed by atoms with Crippen molar-refractivity contribution >= 4 is 56.1 Å². The van der Waals surface area contributed by atoms with E-state index in [4.69, 9.17) is 9.15 Å². The molecule has 1 aliphatic carbocycles. The Bertz CT molecular complexity index is 3140. The third-order valence-corrected chi connectivity index (χ3v) is 12.1. The molecule has 0 unspecified atom stereocenters. The molecule has 278 valence electrons. The molecular weight excluding hydrogens is 721 g/mol. The lowest BCUT2D eigenvalue weighted by molar-refractivity contribution is 0.437. The molecule has 1 aromatic heterocycles. The van der Waals surface area contributed by atoms with Crippen LogP contribution in [0.2, 0.25) is 0 Å².